The molecule has 1 heterocycles. The molecule has 1 fully saturated rings. The van der Waals surface area contributed by atoms with Gasteiger partial charge in [0.15, 0.2) is 0 Å². The smallest absolute Gasteiger partial charge is 0.103 e. The number of hydrogen-bond donors (Lipinski definition) is 2. The van der Waals surface area contributed by atoms with Gasteiger partial charge in [-0.25, -0.2) is 0 Å². The molecule has 112 valence electrons. The van der Waals surface area contributed by atoms with Crippen LogP contribution in [-0.4, -0.2) is 36.2 Å². The maximum Gasteiger partial charge on any atom is 0.103 e. The van der Waals surface area contributed by atoms with Gasteiger partial charge >= 0.3 is 0 Å². The minimum atomic E-state index is -0.898. The summed E-state index contributed by atoms with van der Waals surface area (Å²) < 4.78 is 0. The summed E-state index contributed by atoms with van der Waals surface area (Å²) in [4.78, 5) is 2.47. The molecule has 3 N–H and O–H groups in total. The Kier molecular flexibility index (Phi) is 5.19. The highest BCUT2D eigenvalue weighted by Gasteiger charge is 2.29. The van der Waals surface area contributed by atoms with Crippen molar-refractivity contribution in [2.24, 2.45) is 17.6 Å². The fraction of sp³-hybridized carbons (Fsp3) is 0.647. The van der Waals surface area contributed by atoms with Crippen LogP contribution >= 0.6 is 0 Å². The molecule has 0 aliphatic carbocycles. The number of nitrogens with two attached hydrogens (primary N) is 1. The number of aliphatic hydroxyl groups is 1. The maximum atomic E-state index is 10.8. The molecule has 1 aliphatic rings. The van der Waals surface area contributed by atoms with Crippen molar-refractivity contribution in [2.45, 2.75) is 32.3 Å². The summed E-state index contributed by atoms with van der Waals surface area (Å²) in [6.45, 7) is 8.09. The van der Waals surface area contributed by atoms with E-state index in [-0.39, 0.29) is 6.54 Å². The van der Waals surface area contributed by atoms with Crippen LogP contribution in [0.25, 0.3) is 0 Å². The summed E-state index contributed by atoms with van der Waals surface area (Å²) in [5.74, 6) is 1.50. The number of benzene rings is 1. The van der Waals surface area contributed by atoms with E-state index in [1.807, 2.05) is 30.3 Å². The summed E-state index contributed by atoms with van der Waals surface area (Å²) in [6.07, 6.45) is 2.02. The molecule has 0 spiro atoms. The number of hydrogen-bond acceptors (Lipinski definition) is 3. The molecule has 1 saturated heterocycles. The molecule has 1 aromatic carbocycles. The monoisotopic (exact) mass is 276 g/mol. The molecule has 3 heteroatoms. The van der Waals surface area contributed by atoms with Crippen LogP contribution in [0.3, 0.4) is 0 Å². The van der Waals surface area contributed by atoms with Gasteiger partial charge in [-0.05, 0) is 30.2 Å². The molecule has 1 aliphatic heterocycles. The lowest BCUT2D eigenvalue weighted by Gasteiger charge is -2.37. The van der Waals surface area contributed by atoms with E-state index >= 15 is 0 Å². The van der Waals surface area contributed by atoms with Crippen molar-refractivity contribution in [3.63, 3.8) is 0 Å². The third-order valence-electron chi connectivity index (χ3n) is 4.43. The molecule has 3 atom stereocenters. The van der Waals surface area contributed by atoms with Crippen molar-refractivity contribution in [3.8, 4) is 0 Å². The van der Waals surface area contributed by atoms with Crippen LogP contribution in [0.1, 0.15) is 32.3 Å². The lowest BCUT2D eigenvalue weighted by atomic mass is 9.88. The molecule has 0 bridgehead atoms. The quantitative estimate of drug-likeness (QED) is 0.867. The first-order valence-electron chi connectivity index (χ1n) is 7.74. The van der Waals surface area contributed by atoms with Crippen molar-refractivity contribution in [3.05, 3.63) is 35.9 Å². The van der Waals surface area contributed by atoms with Gasteiger partial charge in [-0.2, -0.15) is 0 Å². The van der Waals surface area contributed by atoms with Crippen LogP contribution in [0.2, 0.25) is 0 Å². The molecule has 20 heavy (non-hydrogen) atoms. The van der Waals surface area contributed by atoms with Crippen LogP contribution in [0.15, 0.2) is 30.3 Å². The molecule has 2 rings (SSSR count). The normalized spacial score (nSPS) is 27.2. The van der Waals surface area contributed by atoms with Gasteiger partial charge in [0.25, 0.3) is 0 Å². The summed E-state index contributed by atoms with van der Waals surface area (Å²) in [7, 11) is 0. The third kappa shape index (κ3) is 3.81. The van der Waals surface area contributed by atoms with E-state index in [1.54, 1.807) is 0 Å². The molecule has 0 saturated carbocycles. The van der Waals surface area contributed by atoms with Gasteiger partial charge in [0, 0.05) is 26.2 Å². The van der Waals surface area contributed by atoms with Crippen molar-refractivity contribution >= 4 is 0 Å². The maximum absolute atomic E-state index is 10.8. The van der Waals surface area contributed by atoms with Crippen LogP contribution in [0.5, 0.6) is 0 Å². The average molecular weight is 276 g/mol. The number of rotatable bonds is 5. The summed E-state index contributed by atoms with van der Waals surface area (Å²) in [6, 6.07) is 9.82. The van der Waals surface area contributed by atoms with Gasteiger partial charge in [-0.3, -0.25) is 0 Å². The molecule has 1 aromatic rings. The topological polar surface area (TPSA) is 49.5 Å². The van der Waals surface area contributed by atoms with Gasteiger partial charge < -0.3 is 15.7 Å². The minimum Gasteiger partial charge on any atom is -0.384 e. The second-order valence-electron chi connectivity index (χ2n) is 6.56. The van der Waals surface area contributed by atoms with E-state index < -0.39 is 5.60 Å². The Balaban J connectivity index is 1.97. The third-order valence-corrected chi connectivity index (χ3v) is 4.43. The second-order valence-corrected chi connectivity index (χ2v) is 6.56. The van der Waals surface area contributed by atoms with E-state index in [2.05, 4.69) is 18.7 Å². The molecular weight excluding hydrogens is 248 g/mol. The van der Waals surface area contributed by atoms with E-state index in [4.69, 9.17) is 5.73 Å². The Bertz CT molecular complexity index is 399. The van der Waals surface area contributed by atoms with Crippen molar-refractivity contribution < 1.29 is 5.11 Å². The largest absolute Gasteiger partial charge is 0.384 e. The molecule has 0 aromatic heterocycles. The fourth-order valence-corrected chi connectivity index (χ4v) is 3.43. The highest BCUT2D eigenvalue weighted by molar-refractivity contribution is 5.22. The van der Waals surface area contributed by atoms with Gasteiger partial charge in [-0.1, -0.05) is 44.2 Å². The fourth-order valence-electron chi connectivity index (χ4n) is 3.43. The molecular formula is C17H28N2O. The van der Waals surface area contributed by atoms with Crippen molar-refractivity contribution in [1.29, 1.82) is 0 Å². The lowest BCUT2D eigenvalue weighted by molar-refractivity contribution is 0.0178. The van der Waals surface area contributed by atoms with Crippen LogP contribution < -0.4 is 5.73 Å². The van der Waals surface area contributed by atoms with Crippen LogP contribution in [0, 0.1) is 11.8 Å². The number of nitrogens with zero attached hydrogens (tertiary/aromatic N) is 1. The predicted octanol–water partition coefficient (Wildman–Crippen LogP) is 2.20. The van der Waals surface area contributed by atoms with E-state index in [0.29, 0.717) is 6.42 Å². The van der Waals surface area contributed by atoms with Crippen LogP contribution in [0.4, 0.5) is 0 Å². The van der Waals surface area contributed by atoms with Gasteiger partial charge in [0.2, 0.25) is 0 Å². The Morgan fingerprint density at radius 1 is 1.20 bits per heavy atom. The van der Waals surface area contributed by atoms with Gasteiger partial charge in [0.1, 0.15) is 5.60 Å². The Labute approximate surface area is 122 Å². The molecule has 0 radical (unpaired) electrons. The zero-order chi connectivity index (χ0) is 14.6. The van der Waals surface area contributed by atoms with Crippen molar-refractivity contribution in [1.82, 2.24) is 4.90 Å². The first-order valence-corrected chi connectivity index (χ1v) is 7.74. The SMILES string of the molecule is CC1CC(C)CN(CCC(O)(CN)c2ccccc2)C1. The first-order chi connectivity index (χ1) is 9.53. The molecule has 3 nitrogen and oxygen atoms in total. The summed E-state index contributed by atoms with van der Waals surface area (Å²) in [5.41, 5.74) is 5.87. The summed E-state index contributed by atoms with van der Waals surface area (Å²) >= 11 is 0. The highest BCUT2D eigenvalue weighted by atomic mass is 16.3. The Morgan fingerprint density at radius 2 is 1.80 bits per heavy atom. The summed E-state index contributed by atoms with van der Waals surface area (Å²) in [5, 5.41) is 10.8. The standard InChI is InChI=1S/C17H28N2O/c1-14-10-15(2)12-19(11-14)9-8-17(20,13-18)16-6-4-3-5-7-16/h3-7,14-15,20H,8-13,18H2,1-2H3. The number of likely N-dealkylation sites (tertiary alicyclic amines) is 1. The average Bonchev–Trinajstić information content (AvgIpc) is 2.45. The van der Waals surface area contributed by atoms with Gasteiger partial charge in [0.05, 0.1) is 0 Å². The Hall–Kier alpha value is -0.900. The number of piperidine rings is 1. The first kappa shape index (κ1) is 15.5. The van der Waals surface area contributed by atoms with E-state index in [1.165, 1.54) is 6.42 Å². The van der Waals surface area contributed by atoms with E-state index in [0.717, 1.165) is 37.0 Å². The second kappa shape index (κ2) is 6.70. The van der Waals surface area contributed by atoms with E-state index in [9.17, 15) is 5.11 Å². The Morgan fingerprint density at radius 3 is 2.35 bits per heavy atom. The highest BCUT2D eigenvalue weighted by Crippen LogP contribution is 2.26. The van der Waals surface area contributed by atoms with Crippen molar-refractivity contribution in [2.75, 3.05) is 26.2 Å². The molecule has 3 unspecified atom stereocenters. The zero-order valence-electron chi connectivity index (χ0n) is 12.8. The van der Waals surface area contributed by atoms with Crippen LogP contribution in [-0.2, 0) is 5.60 Å². The zero-order valence-corrected chi connectivity index (χ0v) is 12.8. The van der Waals surface area contributed by atoms with Gasteiger partial charge in [-0.15, -0.1) is 0 Å². The minimum absolute atomic E-state index is 0.274. The predicted molar refractivity (Wildman–Crippen MR) is 83.4 cm³/mol. The lowest BCUT2D eigenvalue weighted by Crippen LogP contribution is -2.43. The molecule has 0 amide bonds.